The summed E-state index contributed by atoms with van der Waals surface area (Å²) < 4.78 is 25.3. The van der Waals surface area contributed by atoms with Crippen LogP contribution in [0.25, 0.3) is 0 Å². The maximum Gasteiger partial charge on any atom is 0.322 e. The summed E-state index contributed by atoms with van der Waals surface area (Å²) in [4.78, 5) is 11.1. The molecule has 0 bridgehead atoms. The van der Waals surface area contributed by atoms with Crippen molar-refractivity contribution >= 4 is 16.0 Å². The van der Waals surface area contributed by atoms with Gasteiger partial charge in [0.2, 0.25) is 10.0 Å². The second-order valence-corrected chi connectivity index (χ2v) is 5.89. The summed E-state index contributed by atoms with van der Waals surface area (Å²) in [6.45, 7) is 1.73. The zero-order valence-electron chi connectivity index (χ0n) is 10.2. The van der Waals surface area contributed by atoms with Crippen molar-refractivity contribution in [1.29, 1.82) is 0 Å². The lowest BCUT2D eigenvalue weighted by Gasteiger charge is -2.14. The Labute approximate surface area is 107 Å². The van der Waals surface area contributed by atoms with E-state index in [4.69, 9.17) is 5.11 Å². The van der Waals surface area contributed by atoms with Gasteiger partial charge in [-0.2, -0.15) is 0 Å². The molecule has 0 unspecified atom stereocenters. The second-order valence-electron chi connectivity index (χ2n) is 4.02. The molecule has 18 heavy (non-hydrogen) atoms. The van der Waals surface area contributed by atoms with Gasteiger partial charge in [-0.05, 0) is 18.4 Å². The van der Waals surface area contributed by atoms with Crippen LogP contribution in [0, 0.1) is 0 Å². The highest BCUT2D eigenvalue weighted by atomic mass is 32.2. The molecule has 1 rings (SSSR count). The maximum absolute atomic E-state index is 11.6. The number of sulfonamides is 1. The van der Waals surface area contributed by atoms with Crippen LogP contribution in [0.3, 0.4) is 0 Å². The number of benzene rings is 1. The molecule has 0 aliphatic rings. The van der Waals surface area contributed by atoms with Gasteiger partial charge in [-0.1, -0.05) is 37.3 Å². The highest BCUT2D eigenvalue weighted by Gasteiger charge is 2.23. The fourth-order valence-electron chi connectivity index (χ4n) is 1.57. The van der Waals surface area contributed by atoms with Gasteiger partial charge >= 0.3 is 5.97 Å². The smallest absolute Gasteiger partial charge is 0.322 e. The van der Waals surface area contributed by atoms with Gasteiger partial charge in [-0.3, -0.25) is 4.79 Å². The lowest BCUT2D eigenvalue weighted by atomic mass is 10.1. The molecule has 0 saturated heterocycles. The third-order valence-electron chi connectivity index (χ3n) is 2.38. The van der Waals surface area contributed by atoms with Crippen molar-refractivity contribution in [3.63, 3.8) is 0 Å². The Morgan fingerprint density at radius 3 is 2.44 bits per heavy atom. The second kappa shape index (κ2) is 6.51. The largest absolute Gasteiger partial charge is 0.480 e. The van der Waals surface area contributed by atoms with Gasteiger partial charge in [0.1, 0.15) is 6.04 Å². The first-order valence-electron chi connectivity index (χ1n) is 5.71. The van der Waals surface area contributed by atoms with Crippen LogP contribution in [0.5, 0.6) is 0 Å². The predicted octanol–water partition coefficient (Wildman–Crippen LogP) is 1.01. The summed E-state index contributed by atoms with van der Waals surface area (Å²) in [6, 6.07) is 7.81. The standard InChI is InChI=1S/C12H17NO4S/c1-2-8-18(16,17)13-11(12(14)15)9-10-6-4-3-5-7-10/h3-7,11,13H,2,8-9H2,1H3,(H,14,15)/t11-/m0/s1. The van der Waals surface area contributed by atoms with Crippen molar-refractivity contribution in [1.82, 2.24) is 4.72 Å². The minimum atomic E-state index is -3.53. The molecule has 1 aromatic carbocycles. The van der Waals surface area contributed by atoms with E-state index in [1.165, 1.54) is 0 Å². The molecule has 0 radical (unpaired) electrons. The summed E-state index contributed by atoms with van der Waals surface area (Å²) >= 11 is 0. The monoisotopic (exact) mass is 271 g/mol. The van der Waals surface area contributed by atoms with E-state index in [0.717, 1.165) is 5.56 Å². The van der Waals surface area contributed by atoms with E-state index >= 15 is 0 Å². The molecular weight excluding hydrogens is 254 g/mol. The molecular formula is C12H17NO4S. The molecule has 1 atom stereocenters. The number of carboxylic acid groups (broad SMARTS) is 1. The van der Waals surface area contributed by atoms with E-state index in [1.54, 1.807) is 31.2 Å². The van der Waals surface area contributed by atoms with Gasteiger partial charge in [0.15, 0.2) is 0 Å². The molecule has 0 saturated carbocycles. The van der Waals surface area contributed by atoms with Crippen molar-refractivity contribution in [2.24, 2.45) is 0 Å². The van der Waals surface area contributed by atoms with Gasteiger partial charge in [0, 0.05) is 0 Å². The van der Waals surface area contributed by atoms with Crippen LogP contribution < -0.4 is 4.72 Å². The summed E-state index contributed by atoms with van der Waals surface area (Å²) in [6.07, 6.45) is 0.589. The predicted molar refractivity (Wildman–Crippen MR) is 68.8 cm³/mol. The Kier molecular flexibility index (Phi) is 5.30. The first kappa shape index (κ1) is 14.7. The summed E-state index contributed by atoms with van der Waals surface area (Å²) in [5, 5.41) is 9.04. The van der Waals surface area contributed by atoms with Gasteiger partial charge in [0.05, 0.1) is 5.75 Å². The molecule has 2 N–H and O–H groups in total. The lowest BCUT2D eigenvalue weighted by molar-refractivity contribution is -0.138. The molecule has 0 heterocycles. The first-order valence-corrected chi connectivity index (χ1v) is 7.36. The number of aliphatic carboxylic acids is 1. The van der Waals surface area contributed by atoms with Crippen LogP contribution in [0.4, 0.5) is 0 Å². The quantitative estimate of drug-likeness (QED) is 0.775. The molecule has 0 fully saturated rings. The van der Waals surface area contributed by atoms with E-state index in [9.17, 15) is 13.2 Å². The average molecular weight is 271 g/mol. The molecule has 0 aliphatic carbocycles. The topological polar surface area (TPSA) is 83.5 Å². The molecule has 1 aromatic rings. The van der Waals surface area contributed by atoms with E-state index in [0.29, 0.717) is 6.42 Å². The van der Waals surface area contributed by atoms with Crippen molar-refractivity contribution in [3.05, 3.63) is 35.9 Å². The van der Waals surface area contributed by atoms with Crippen molar-refractivity contribution in [2.75, 3.05) is 5.75 Å². The zero-order valence-corrected chi connectivity index (χ0v) is 11.0. The summed E-state index contributed by atoms with van der Waals surface area (Å²) in [5.74, 6) is -1.23. The summed E-state index contributed by atoms with van der Waals surface area (Å²) in [7, 11) is -3.53. The number of carboxylic acids is 1. The first-order chi connectivity index (χ1) is 8.44. The minimum absolute atomic E-state index is 0.0639. The van der Waals surface area contributed by atoms with E-state index in [-0.39, 0.29) is 12.2 Å². The van der Waals surface area contributed by atoms with Crippen LogP contribution in [-0.2, 0) is 21.2 Å². The van der Waals surface area contributed by atoms with Crippen LogP contribution in [0.1, 0.15) is 18.9 Å². The number of hydrogen-bond acceptors (Lipinski definition) is 3. The normalized spacial score (nSPS) is 13.2. The van der Waals surface area contributed by atoms with E-state index < -0.39 is 22.0 Å². The fraction of sp³-hybridized carbons (Fsp3) is 0.417. The zero-order chi connectivity index (χ0) is 13.6. The van der Waals surface area contributed by atoms with Gasteiger partial charge < -0.3 is 5.11 Å². The van der Waals surface area contributed by atoms with Crippen LogP contribution >= 0.6 is 0 Å². The van der Waals surface area contributed by atoms with E-state index in [1.807, 2.05) is 6.07 Å². The van der Waals surface area contributed by atoms with Crippen molar-refractivity contribution in [3.8, 4) is 0 Å². The highest BCUT2D eigenvalue weighted by molar-refractivity contribution is 7.89. The Bertz CT molecular complexity index is 484. The van der Waals surface area contributed by atoms with E-state index in [2.05, 4.69) is 4.72 Å². The maximum atomic E-state index is 11.6. The lowest BCUT2D eigenvalue weighted by Crippen LogP contribution is -2.43. The Hall–Kier alpha value is -1.40. The van der Waals surface area contributed by atoms with Gasteiger partial charge in [0.25, 0.3) is 0 Å². The Morgan fingerprint density at radius 1 is 1.33 bits per heavy atom. The third-order valence-corrected chi connectivity index (χ3v) is 3.96. The molecule has 0 spiro atoms. The number of rotatable bonds is 7. The third kappa shape index (κ3) is 4.85. The molecule has 6 heteroatoms. The van der Waals surface area contributed by atoms with Crippen molar-refractivity contribution < 1.29 is 18.3 Å². The van der Waals surface area contributed by atoms with Gasteiger partial charge in [-0.25, -0.2) is 13.1 Å². The highest BCUT2D eigenvalue weighted by Crippen LogP contribution is 2.05. The number of nitrogens with one attached hydrogen (secondary N) is 1. The molecule has 0 aromatic heterocycles. The van der Waals surface area contributed by atoms with Gasteiger partial charge in [-0.15, -0.1) is 0 Å². The Balaban J connectivity index is 2.76. The van der Waals surface area contributed by atoms with Crippen LogP contribution in [0.2, 0.25) is 0 Å². The number of carbonyl (C=O) groups is 1. The van der Waals surface area contributed by atoms with Crippen LogP contribution in [-0.4, -0.2) is 31.3 Å². The average Bonchev–Trinajstić information content (AvgIpc) is 2.29. The Morgan fingerprint density at radius 2 is 1.94 bits per heavy atom. The molecule has 0 amide bonds. The molecule has 5 nitrogen and oxygen atoms in total. The minimum Gasteiger partial charge on any atom is -0.480 e. The summed E-state index contributed by atoms with van der Waals surface area (Å²) in [5.41, 5.74) is 0.782. The SMILES string of the molecule is CCCS(=O)(=O)N[C@@H](Cc1ccccc1)C(=O)O. The fourth-order valence-corrected chi connectivity index (χ4v) is 2.85. The number of hydrogen-bond donors (Lipinski definition) is 2. The molecule has 0 aliphatic heterocycles. The van der Waals surface area contributed by atoms with Crippen LogP contribution in [0.15, 0.2) is 30.3 Å². The molecule has 100 valence electrons. The van der Waals surface area contributed by atoms with Crippen molar-refractivity contribution in [2.45, 2.75) is 25.8 Å².